The van der Waals surface area contributed by atoms with Crippen LogP contribution < -0.4 is 16.8 Å². The predicted molar refractivity (Wildman–Crippen MR) is 110 cm³/mol. The first kappa shape index (κ1) is 20.6. The van der Waals surface area contributed by atoms with Gasteiger partial charge in [0.25, 0.3) is 11.8 Å². The molecule has 1 unspecified atom stereocenters. The number of ether oxygens (including phenoxy) is 1. The molecule has 3 rings (SSSR count). The number of hydrogen-bond acceptors (Lipinski definition) is 4. The lowest BCUT2D eigenvalue weighted by Crippen LogP contribution is -2.47. The Hall–Kier alpha value is -3.17. The fraction of sp³-hybridized carbons (Fsp3) is 0.350. The summed E-state index contributed by atoms with van der Waals surface area (Å²) in [5.74, 6) is -1.20. The SMILES string of the molecule is CC(CNC(=O)c1cc(C(=O)N=C(N)N)cc(-n2cccc2)c1)N1CCOCC1. The second kappa shape index (κ2) is 9.35. The highest BCUT2D eigenvalue weighted by Crippen LogP contribution is 2.16. The van der Waals surface area contributed by atoms with Crippen LogP contribution in [0.1, 0.15) is 27.6 Å². The van der Waals surface area contributed by atoms with Gasteiger partial charge in [-0.15, -0.1) is 0 Å². The molecule has 1 fully saturated rings. The van der Waals surface area contributed by atoms with E-state index in [4.69, 9.17) is 16.2 Å². The van der Waals surface area contributed by atoms with E-state index >= 15 is 0 Å². The van der Waals surface area contributed by atoms with Gasteiger partial charge in [0.05, 0.1) is 13.2 Å². The van der Waals surface area contributed by atoms with Gasteiger partial charge in [-0.1, -0.05) is 0 Å². The van der Waals surface area contributed by atoms with Gasteiger partial charge >= 0.3 is 0 Å². The first-order chi connectivity index (χ1) is 13.9. The van der Waals surface area contributed by atoms with E-state index in [2.05, 4.69) is 22.1 Å². The second-order valence-electron chi connectivity index (χ2n) is 6.91. The maximum Gasteiger partial charge on any atom is 0.280 e. The molecule has 5 N–H and O–H groups in total. The van der Waals surface area contributed by atoms with Crippen LogP contribution >= 0.6 is 0 Å². The minimum Gasteiger partial charge on any atom is -0.379 e. The molecule has 2 aromatic rings. The topological polar surface area (TPSA) is 128 Å². The number of carbonyl (C=O) groups is 2. The lowest BCUT2D eigenvalue weighted by atomic mass is 10.1. The van der Waals surface area contributed by atoms with Gasteiger partial charge in [-0.25, -0.2) is 0 Å². The van der Waals surface area contributed by atoms with Crippen molar-refractivity contribution in [1.82, 2.24) is 14.8 Å². The van der Waals surface area contributed by atoms with Crippen LogP contribution in [-0.2, 0) is 4.74 Å². The summed E-state index contributed by atoms with van der Waals surface area (Å²) in [6, 6.07) is 8.75. The van der Waals surface area contributed by atoms with Gasteiger partial charge in [-0.05, 0) is 37.3 Å². The Labute approximate surface area is 169 Å². The molecule has 0 aliphatic carbocycles. The van der Waals surface area contributed by atoms with E-state index in [1.807, 2.05) is 24.5 Å². The average Bonchev–Trinajstić information content (AvgIpc) is 3.26. The summed E-state index contributed by atoms with van der Waals surface area (Å²) in [5.41, 5.74) is 11.9. The first-order valence-electron chi connectivity index (χ1n) is 9.46. The van der Waals surface area contributed by atoms with E-state index in [-0.39, 0.29) is 23.5 Å². The number of aromatic nitrogens is 1. The molecular weight excluding hydrogens is 372 g/mol. The van der Waals surface area contributed by atoms with Gasteiger partial charge in [0.2, 0.25) is 0 Å². The molecule has 0 spiro atoms. The van der Waals surface area contributed by atoms with Crippen molar-refractivity contribution >= 4 is 17.8 Å². The molecule has 0 bridgehead atoms. The molecule has 1 saturated heterocycles. The summed E-state index contributed by atoms with van der Waals surface area (Å²) in [6.07, 6.45) is 3.65. The van der Waals surface area contributed by atoms with E-state index in [1.165, 1.54) is 6.07 Å². The normalized spacial score (nSPS) is 15.5. The number of benzene rings is 1. The van der Waals surface area contributed by atoms with Crippen molar-refractivity contribution in [2.45, 2.75) is 13.0 Å². The molecule has 1 aromatic carbocycles. The highest BCUT2D eigenvalue weighted by Gasteiger charge is 2.19. The zero-order valence-corrected chi connectivity index (χ0v) is 16.4. The molecule has 1 aromatic heterocycles. The van der Waals surface area contributed by atoms with Gasteiger partial charge in [0.15, 0.2) is 5.96 Å². The molecule has 9 heteroatoms. The van der Waals surface area contributed by atoms with Crippen LogP contribution in [0.4, 0.5) is 0 Å². The summed E-state index contributed by atoms with van der Waals surface area (Å²) >= 11 is 0. The third-order valence-electron chi connectivity index (χ3n) is 4.79. The highest BCUT2D eigenvalue weighted by atomic mass is 16.5. The number of rotatable bonds is 6. The number of guanidine groups is 1. The Morgan fingerprint density at radius 3 is 2.45 bits per heavy atom. The summed E-state index contributed by atoms with van der Waals surface area (Å²) in [4.78, 5) is 31.0. The van der Waals surface area contributed by atoms with Crippen molar-refractivity contribution in [2.24, 2.45) is 16.5 Å². The van der Waals surface area contributed by atoms with Gasteiger partial charge < -0.3 is 26.1 Å². The lowest BCUT2D eigenvalue weighted by Gasteiger charge is -2.32. The molecule has 1 aliphatic heterocycles. The van der Waals surface area contributed by atoms with Crippen molar-refractivity contribution in [3.05, 3.63) is 53.9 Å². The number of nitrogens with one attached hydrogen (secondary N) is 1. The van der Waals surface area contributed by atoms with Crippen LogP contribution in [0, 0.1) is 0 Å². The predicted octanol–water partition coefficient (Wildman–Crippen LogP) is 0.341. The Morgan fingerprint density at radius 1 is 1.14 bits per heavy atom. The first-order valence-corrected chi connectivity index (χ1v) is 9.46. The molecule has 154 valence electrons. The van der Waals surface area contributed by atoms with E-state index < -0.39 is 5.91 Å². The van der Waals surface area contributed by atoms with Gasteiger partial charge in [0, 0.05) is 54.9 Å². The number of hydrogen-bond donors (Lipinski definition) is 3. The summed E-state index contributed by atoms with van der Waals surface area (Å²) in [6.45, 7) is 5.65. The minimum absolute atomic E-state index is 0.179. The van der Waals surface area contributed by atoms with Crippen molar-refractivity contribution in [1.29, 1.82) is 0 Å². The fourth-order valence-electron chi connectivity index (χ4n) is 3.19. The summed E-state index contributed by atoms with van der Waals surface area (Å²) < 4.78 is 7.17. The van der Waals surface area contributed by atoms with Crippen molar-refractivity contribution in [3.63, 3.8) is 0 Å². The summed E-state index contributed by atoms with van der Waals surface area (Å²) in [7, 11) is 0. The molecule has 29 heavy (non-hydrogen) atoms. The molecular formula is C20H26N6O3. The van der Waals surface area contributed by atoms with Crippen LogP contribution in [0.25, 0.3) is 5.69 Å². The largest absolute Gasteiger partial charge is 0.379 e. The Bertz CT molecular complexity index is 884. The maximum absolute atomic E-state index is 12.8. The number of morpholine rings is 1. The number of amides is 2. The Balaban J connectivity index is 1.79. The van der Waals surface area contributed by atoms with Crippen molar-refractivity contribution in [2.75, 3.05) is 32.8 Å². The molecule has 1 aliphatic rings. The van der Waals surface area contributed by atoms with Gasteiger partial charge in [-0.2, -0.15) is 4.99 Å². The van der Waals surface area contributed by atoms with Crippen LogP contribution in [0.15, 0.2) is 47.7 Å². The number of aliphatic imine (C=N–C) groups is 1. The quantitative estimate of drug-likeness (QED) is 0.476. The van der Waals surface area contributed by atoms with Crippen LogP contribution in [0.2, 0.25) is 0 Å². The molecule has 2 amide bonds. The van der Waals surface area contributed by atoms with E-state index in [0.29, 0.717) is 31.0 Å². The maximum atomic E-state index is 12.8. The van der Waals surface area contributed by atoms with Crippen LogP contribution in [0.3, 0.4) is 0 Å². The third-order valence-corrected chi connectivity index (χ3v) is 4.79. The summed E-state index contributed by atoms with van der Waals surface area (Å²) in [5, 5.41) is 2.95. The highest BCUT2D eigenvalue weighted by molar-refractivity contribution is 6.04. The zero-order valence-electron chi connectivity index (χ0n) is 16.4. The van der Waals surface area contributed by atoms with E-state index in [0.717, 1.165) is 13.1 Å². The number of nitrogens with zero attached hydrogens (tertiary/aromatic N) is 3. The van der Waals surface area contributed by atoms with Crippen molar-refractivity contribution < 1.29 is 14.3 Å². The molecule has 2 heterocycles. The standard InChI is InChI=1S/C20H26N6O3/c1-14(25-6-8-29-9-7-25)13-23-18(27)15-10-16(19(28)24-20(21)22)12-17(11-15)26-4-2-3-5-26/h2-5,10-12,14H,6-9,13H2,1H3,(H,23,27)(H4,21,22,24,28). The number of carbonyl (C=O) groups excluding carboxylic acids is 2. The molecule has 0 saturated carbocycles. The molecule has 1 atom stereocenters. The Morgan fingerprint density at radius 2 is 1.79 bits per heavy atom. The second-order valence-corrected chi connectivity index (χ2v) is 6.91. The van der Waals surface area contributed by atoms with Crippen molar-refractivity contribution in [3.8, 4) is 5.69 Å². The van der Waals surface area contributed by atoms with E-state index in [1.54, 1.807) is 16.7 Å². The van der Waals surface area contributed by atoms with E-state index in [9.17, 15) is 9.59 Å². The smallest absolute Gasteiger partial charge is 0.280 e. The fourth-order valence-corrected chi connectivity index (χ4v) is 3.19. The monoisotopic (exact) mass is 398 g/mol. The van der Waals surface area contributed by atoms with Gasteiger partial charge in [-0.3, -0.25) is 14.5 Å². The molecule has 0 radical (unpaired) electrons. The average molecular weight is 398 g/mol. The van der Waals surface area contributed by atoms with Gasteiger partial charge in [0.1, 0.15) is 0 Å². The zero-order chi connectivity index (χ0) is 20.8. The molecule has 9 nitrogen and oxygen atoms in total. The van der Waals surface area contributed by atoms with Crippen LogP contribution in [-0.4, -0.2) is 66.1 Å². The lowest BCUT2D eigenvalue weighted by molar-refractivity contribution is 0.0204. The minimum atomic E-state index is -0.602. The van der Waals surface area contributed by atoms with Crippen LogP contribution in [0.5, 0.6) is 0 Å². The Kier molecular flexibility index (Phi) is 6.63. The number of nitrogens with two attached hydrogens (primary N) is 2. The third kappa shape index (κ3) is 5.43.